The molecule has 1 heterocycles. The third-order valence-corrected chi connectivity index (χ3v) is 5.02. The Bertz CT molecular complexity index is 815. The largest absolute Gasteiger partial charge is 0.416 e. The first-order chi connectivity index (χ1) is 13.3. The summed E-state index contributed by atoms with van der Waals surface area (Å²) in [6, 6.07) is 13.3. The van der Waals surface area contributed by atoms with Crippen LogP contribution in [0.4, 0.5) is 18.9 Å². The molecule has 0 atom stereocenters. The van der Waals surface area contributed by atoms with Crippen molar-refractivity contribution in [3.63, 3.8) is 0 Å². The number of hydrogen-bond acceptors (Lipinski definition) is 3. The number of carbonyl (C=O) groups is 1. The van der Waals surface area contributed by atoms with Crippen molar-refractivity contribution < 1.29 is 18.0 Å². The molecule has 0 radical (unpaired) electrons. The van der Waals surface area contributed by atoms with Crippen LogP contribution in [-0.4, -0.2) is 43.5 Å². The van der Waals surface area contributed by atoms with Gasteiger partial charge in [-0.1, -0.05) is 30.3 Å². The number of nitrogens with zero attached hydrogens (tertiary/aromatic N) is 2. The van der Waals surface area contributed by atoms with Crippen molar-refractivity contribution in [2.45, 2.75) is 19.6 Å². The normalized spacial score (nSPS) is 15.5. The standard InChI is InChI=1S/C21H24F3N3O/c1-16-5-2-3-6-17(16)14-25-20(28)15-26-9-11-27(12-10-26)19-8-4-7-18(13-19)21(22,23)24/h2-8,13H,9-12,14-15H2,1H3,(H,25,28). The van der Waals surface area contributed by atoms with Crippen LogP contribution in [0, 0.1) is 6.92 Å². The zero-order valence-corrected chi connectivity index (χ0v) is 15.8. The highest BCUT2D eigenvalue weighted by molar-refractivity contribution is 5.78. The number of carbonyl (C=O) groups excluding carboxylic acids is 1. The van der Waals surface area contributed by atoms with Crippen LogP contribution in [0.1, 0.15) is 16.7 Å². The van der Waals surface area contributed by atoms with Crippen LogP contribution in [0.25, 0.3) is 0 Å². The number of piperazine rings is 1. The van der Waals surface area contributed by atoms with E-state index < -0.39 is 11.7 Å². The average molecular weight is 391 g/mol. The molecule has 0 bridgehead atoms. The van der Waals surface area contributed by atoms with Gasteiger partial charge in [-0.25, -0.2) is 0 Å². The first-order valence-electron chi connectivity index (χ1n) is 9.29. The van der Waals surface area contributed by atoms with Crippen LogP contribution in [-0.2, 0) is 17.5 Å². The molecule has 0 unspecified atom stereocenters. The van der Waals surface area contributed by atoms with Crippen LogP contribution in [0.3, 0.4) is 0 Å². The van der Waals surface area contributed by atoms with Gasteiger partial charge in [-0.05, 0) is 36.2 Å². The number of aryl methyl sites for hydroxylation is 1. The molecule has 4 nitrogen and oxygen atoms in total. The smallest absolute Gasteiger partial charge is 0.369 e. The second-order valence-electron chi connectivity index (χ2n) is 7.01. The Labute approximate surface area is 162 Å². The molecule has 2 aromatic carbocycles. The third kappa shape index (κ3) is 5.25. The minimum absolute atomic E-state index is 0.0456. The lowest BCUT2D eigenvalue weighted by Gasteiger charge is -2.36. The Hall–Kier alpha value is -2.54. The molecule has 7 heteroatoms. The van der Waals surface area contributed by atoms with Gasteiger partial charge in [0, 0.05) is 38.4 Å². The molecule has 150 valence electrons. The monoisotopic (exact) mass is 391 g/mol. The minimum Gasteiger partial charge on any atom is -0.369 e. The Morgan fingerprint density at radius 2 is 1.75 bits per heavy atom. The van der Waals surface area contributed by atoms with E-state index in [1.807, 2.05) is 41.0 Å². The Morgan fingerprint density at radius 3 is 2.43 bits per heavy atom. The van der Waals surface area contributed by atoms with Gasteiger partial charge in [-0.2, -0.15) is 13.2 Å². The van der Waals surface area contributed by atoms with Crippen LogP contribution in [0.5, 0.6) is 0 Å². The third-order valence-electron chi connectivity index (χ3n) is 5.02. The van der Waals surface area contributed by atoms with Gasteiger partial charge in [0.1, 0.15) is 0 Å². The second-order valence-corrected chi connectivity index (χ2v) is 7.01. The fourth-order valence-electron chi connectivity index (χ4n) is 3.30. The Kier molecular flexibility index (Phi) is 6.24. The number of amides is 1. The molecule has 3 rings (SSSR count). The Morgan fingerprint density at radius 1 is 1.04 bits per heavy atom. The molecule has 2 aromatic rings. The number of halogens is 3. The van der Waals surface area contributed by atoms with E-state index >= 15 is 0 Å². The lowest BCUT2D eigenvalue weighted by molar-refractivity contribution is -0.137. The van der Waals surface area contributed by atoms with Gasteiger partial charge in [-0.3, -0.25) is 9.69 Å². The number of alkyl halides is 3. The summed E-state index contributed by atoms with van der Waals surface area (Å²) in [4.78, 5) is 16.2. The lowest BCUT2D eigenvalue weighted by atomic mass is 10.1. The molecule has 0 aliphatic carbocycles. The van der Waals surface area contributed by atoms with E-state index in [4.69, 9.17) is 0 Å². The highest BCUT2D eigenvalue weighted by atomic mass is 19.4. The SMILES string of the molecule is Cc1ccccc1CNC(=O)CN1CCN(c2cccc(C(F)(F)F)c2)CC1. The van der Waals surface area contributed by atoms with Gasteiger partial charge in [-0.15, -0.1) is 0 Å². The fraction of sp³-hybridized carbons (Fsp3) is 0.381. The van der Waals surface area contributed by atoms with Crippen LogP contribution in [0.2, 0.25) is 0 Å². The maximum Gasteiger partial charge on any atom is 0.416 e. The van der Waals surface area contributed by atoms with Crippen molar-refractivity contribution in [3.05, 3.63) is 65.2 Å². The molecule has 0 spiro atoms. The van der Waals surface area contributed by atoms with Crippen molar-refractivity contribution >= 4 is 11.6 Å². The minimum atomic E-state index is -4.34. The van der Waals surface area contributed by atoms with Crippen molar-refractivity contribution in [3.8, 4) is 0 Å². The molecule has 1 fully saturated rings. The quantitative estimate of drug-likeness (QED) is 0.848. The van der Waals surface area contributed by atoms with E-state index in [2.05, 4.69) is 5.32 Å². The van der Waals surface area contributed by atoms with Crippen molar-refractivity contribution in [1.29, 1.82) is 0 Å². The second kappa shape index (κ2) is 8.65. The summed E-state index contributed by atoms with van der Waals surface area (Å²) < 4.78 is 38.7. The number of benzene rings is 2. The molecule has 1 amide bonds. The number of nitrogens with one attached hydrogen (secondary N) is 1. The molecule has 1 aliphatic heterocycles. The van der Waals surface area contributed by atoms with Gasteiger partial charge in [0.05, 0.1) is 12.1 Å². The van der Waals surface area contributed by atoms with Crippen LogP contribution >= 0.6 is 0 Å². The zero-order valence-electron chi connectivity index (χ0n) is 15.8. The van der Waals surface area contributed by atoms with E-state index in [9.17, 15) is 18.0 Å². The first kappa shape index (κ1) is 20.2. The molecule has 1 saturated heterocycles. The summed E-state index contributed by atoms with van der Waals surface area (Å²) in [5, 5.41) is 2.93. The Balaban J connectivity index is 1.48. The van der Waals surface area contributed by atoms with Crippen molar-refractivity contribution in [2.75, 3.05) is 37.6 Å². The van der Waals surface area contributed by atoms with Crippen LogP contribution in [0.15, 0.2) is 48.5 Å². The van der Waals surface area contributed by atoms with Crippen LogP contribution < -0.4 is 10.2 Å². The zero-order chi connectivity index (χ0) is 20.1. The van der Waals surface area contributed by atoms with Gasteiger partial charge in [0.15, 0.2) is 0 Å². The van der Waals surface area contributed by atoms with Crippen molar-refractivity contribution in [2.24, 2.45) is 0 Å². The van der Waals surface area contributed by atoms with Gasteiger partial charge < -0.3 is 10.2 Å². The number of rotatable bonds is 5. The molecule has 1 N–H and O–H groups in total. The van der Waals surface area contributed by atoms with E-state index in [1.54, 1.807) is 6.07 Å². The highest BCUT2D eigenvalue weighted by Gasteiger charge is 2.31. The first-order valence-corrected chi connectivity index (χ1v) is 9.29. The molecular formula is C21H24F3N3O. The summed E-state index contributed by atoms with van der Waals surface area (Å²) in [7, 11) is 0. The molecular weight excluding hydrogens is 367 g/mol. The average Bonchev–Trinajstić information content (AvgIpc) is 2.67. The summed E-state index contributed by atoms with van der Waals surface area (Å²) in [5.41, 5.74) is 2.16. The number of anilines is 1. The topological polar surface area (TPSA) is 35.6 Å². The summed E-state index contributed by atoms with van der Waals surface area (Å²) in [6.07, 6.45) is -4.34. The maximum atomic E-state index is 12.9. The van der Waals surface area contributed by atoms with E-state index in [0.29, 0.717) is 45.0 Å². The maximum absolute atomic E-state index is 12.9. The van der Waals surface area contributed by atoms with Gasteiger partial charge >= 0.3 is 6.18 Å². The van der Waals surface area contributed by atoms with Gasteiger partial charge in [0.25, 0.3) is 0 Å². The van der Waals surface area contributed by atoms with Gasteiger partial charge in [0.2, 0.25) is 5.91 Å². The molecule has 28 heavy (non-hydrogen) atoms. The number of hydrogen-bond donors (Lipinski definition) is 1. The summed E-state index contributed by atoms with van der Waals surface area (Å²) >= 11 is 0. The predicted molar refractivity (Wildman–Crippen MR) is 103 cm³/mol. The fourth-order valence-corrected chi connectivity index (χ4v) is 3.30. The molecule has 1 aliphatic rings. The molecule has 0 aromatic heterocycles. The van der Waals surface area contributed by atoms with Crippen molar-refractivity contribution in [1.82, 2.24) is 10.2 Å². The predicted octanol–water partition coefficient (Wildman–Crippen LogP) is 3.45. The summed E-state index contributed by atoms with van der Waals surface area (Å²) in [6.45, 7) is 5.24. The van der Waals surface area contributed by atoms with E-state index in [-0.39, 0.29) is 5.91 Å². The molecule has 0 saturated carbocycles. The highest BCUT2D eigenvalue weighted by Crippen LogP contribution is 2.31. The lowest BCUT2D eigenvalue weighted by Crippen LogP contribution is -2.49. The summed E-state index contributed by atoms with van der Waals surface area (Å²) in [5.74, 6) is -0.0456. The van der Waals surface area contributed by atoms with E-state index in [0.717, 1.165) is 17.2 Å². The van der Waals surface area contributed by atoms with E-state index in [1.165, 1.54) is 12.1 Å².